The van der Waals surface area contributed by atoms with E-state index in [4.69, 9.17) is 10.5 Å². The molecule has 1 aromatic rings. The minimum absolute atomic E-state index is 0.0735. The summed E-state index contributed by atoms with van der Waals surface area (Å²) < 4.78 is 5.32. The van der Waals surface area contributed by atoms with Gasteiger partial charge in [0.25, 0.3) is 0 Å². The van der Waals surface area contributed by atoms with E-state index in [1.165, 1.54) is 11.1 Å². The number of nitrogens with two attached hydrogens (primary N) is 1. The first-order chi connectivity index (χ1) is 6.75. The molecule has 1 aliphatic heterocycles. The minimum Gasteiger partial charge on any atom is -0.386 e. The van der Waals surface area contributed by atoms with E-state index >= 15 is 0 Å². The van der Waals surface area contributed by atoms with E-state index in [-0.39, 0.29) is 6.04 Å². The van der Waals surface area contributed by atoms with Gasteiger partial charge in [0.2, 0.25) is 0 Å². The summed E-state index contributed by atoms with van der Waals surface area (Å²) in [4.78, 5) is 4.35. The van der Waals surface area contributed by atoms with Crippen molar-refractivity contribution in [3.05, 3.63) is 35.4 Å². The van der Waals surface area contributed by atoms with Crippen LogP contribution in [0.5, 0.6) is 0 Å². The monoisotopic (exact) mass is 190 g/mol. The predicted octanol–water partition coefficient (Wildman–Crippen LogP) is 1.42. The number of rotatable bonds is 1. The maximum atomic E-state index is 5.62. The smallest absolute Gasteiger partial charge is 0.121 e. The quantitative estimate of drug-likeness (QED) is 0.728. The zero-order valence-electron chi connectivity index (χ0n) is 8.23. The van der Waals surface area contributed by atoms with Crippen LogP contribution in [0.15, 0.2) is 29.3 Å². The van der Waals surface area contributed by atoms with Crippen LogP contribution >= 0.6 is 0 Å². The van der Waals surface area contributed by atoms with Gasteiger partial charge in [-0.2, -0.15) is 0 Å². The first-order valence-corrected chi connectivity index (χ1v) is 4.72. The summed E-state index contributed by atoms with van der Waals surface area (Å²) in [6.07, 6.45) is 0. The lowest BCUT2D eigenvalue weighted by Crippen LogP contribution is -2.27. The van der Waals surface area contributed by atoms with Crippen LogP contribution in [-0.4, -0.2) is 19.0 Å². The normalized spacial score (nSPS) is 21.8. The van der Waals surface area contributed by atoms with E-state index < -0.39 is 0 Å². The molecule has 0 bridgehead atoms. The third-order valence-electron chi connectivity index (χ3n) is 2.31. The Hall–Kier alpha value is -1.35. The van der Waals surface area contributed by atoms with Crippen molar-refractivity contribution in [2.24, 2.45) is 10.7 Å². The Morgan fingerprint density at radius 3 is 2.71 bits per heavy atom. The Labute approximate surface area is 83.6 Å². The summed E-state index contributed by atoms with van der Waals surface area (Å²) in [6.45, 7) is 3.16. The molecule has 1 aliphatic rings. The summed E-state index contributed by atoms with van der Waals surface area (Å²) >= 11 is 0. The molecule has 0 aliphatic carbocycles. The standard InChI is InChI=1S/C11H14N2O/c1-8-2-4-9(5-3-8)10-6-14-7-11(12)13-10/h2-5,10H,6-7H2,1H3,(H2,12,13). The highest BCUT2D eigenvalue weighted by atomic mass is 16.5. The summed E-state index contributed by atoms with van der Waals surface area (Å²) in [5.41, 5.74) is 8.03. The van der Waals surface area contributed by atoms with Crippen molar-refractivity contribution < 1.29 is 4.74 Å². The van der Waals surface area contributed by atoms with Crippen molar-refractivity contribution >= 4 is 5.84 Å². The van der Waals surface area contributed by atoms with Gasteiger partial charge >= 0.3 is 0 Å². The summed E-state index contributed by atoms with van der Waals surface area (Å²) in [5.74, 6) is 0.585. The number of hydrogen-bond donors (Lipinski definition) is 1. The van der Waals surface area contributed by atoms with Crippen LogP contribution in [0.4, 0.5) is 0 Å². The van der Waals surface area contributed by atoms with Gasteiger partial charge in [-0.3, -0.25) is 4.99 Å². The molecule has 0 radical (unpaired) electrons. The predicted molar refractivity (Wildman–Crippen MR) is 56.4 cm³/mol. The van der Waals surface area contributed by atoms with Crippen LogP contribution in [0.3, 0.4) is 0 Å². The van der Waals surface area contributed by atoms with E-state index in [2.05, 4.69) is 36.2 Å². The second-order valence-corrected chi connectivity index (χ2v) is 3.56. The molecule has 1 unspecified atom stereocenters. The SMILES string of the molecule is Cc1ccc(C2COCC(N)=N2)cc1. The first-order valence-electron chi connectivity index (χ1n) is 4.72. The van der Waals surface area contributed by atoms with Gasteiger partial charge in [0, 0.05) is 0 Å². The van der Waals surface area contributed by atoms with Crippen molar-refractivity contribution in [3.8, 4) is 0 Å². The maximum absolute atomic E-state index is 5.62. The Morgan fingerprint density at radius 1 is 1.36 bits per heavy atom. The number of ether oxygens (including phenoxy) is 1. The Kier molecular flexibility index (Phi) is 2.50. The van der Waals surface area contributed by atoms with Crippen LogP contribution in [0.25, 0.3) is 0 Å². The molecular weight excluding hydrogens is 176 g/mol. The lowest BCUT2D eigenvalue weighted by molar-refractivity contribution is 0.143. The molecule has 0 spiro atoms. The van der Waals surface area contributed by atoms with Gasteiger partial charge in [0.1, 0.15) is 18.5 Å². The van der Waals surface area contributed by atoms with Gasteiger partial charge in [0.05, 0.1) is 6.61 Å². The summed E-state index contributed by atoms with van der Waals surface area (Å²) in [7, 11) is 0. The lowest BCUT2D eigenvalue weighted by Gasteiger charge is -2.19. The molecule has 3 nitrogen and oxygen atoms in total. The fourth-order valence-corrected chi connectivity index (χ4v) is 1.51. The molecular formula is C11H14N2O. The second-order valence-electron chi connectivity index (χ2n) is 3.56. The van der Waals surface area contributed by atoms with Crippen molar-refractivity contribution in [3.63, 3.8) is 0 Å². The average molecular weight is 190 g/mol. The van der Waals surface area contributed by atoms with Crippen molar-refractivity contribution in [1.82, 2.24) is 0 Å². The lowest BCUT2D eigenvalue weighted by atomic mass is 10.1. The van der Waals surface area contributed by atoms with E-state index in [0.717, 1.165) is 0 Å². The highest BCUT2D eigenvalue weighted by Crippen LogP contribution is 2.20. The van der Waals surface area contributed by atoms with E-state index in [1.54, 1.807) is 0 Å². The van der Waals surface area contributed by atoms with Crippen LogP contribution in [0, 0.1) is 6.92 Å². The van der Waals surface area contributed by atoms with Crippen molar-refractivity contribution in [2.45, 2.75) is 13.0 Å². The molecule has 0 fully saturated rings. The van der Waals surface area contributed by atoms with Gasteiger partial charge in [-0.05, 0) is 12.5 Å². The molecule has 0 amide bonds. The van der Waals surface area contributed by atoms with E-state index in [1.807, 2.05) is 0 Å². The fraction of sp³-hybridized carbons (Fsp3) is 0.364. The van der Waals surface area contributed by atoms with Crippen LogP contribution < -0.4 is 5.73 Å². The summed E-state index contributed by atoms with van der Waals surface area (Å²) in [5, 5.41) is 0. The molecule has 74 valence electrons. The zero-order valence-corrected chi connectivity index (χ0v) is 8.23. The Bertz CT molecular complexity index is 343. The van der Waals surface area contributed by atoms with Crippen LogP contribution in [-0.2, 0) is 4.74 Å². The van der Waals surface area contributed by atoms with Gasteiger partial charge in [-0.1, -0.05) is 29.8 Å². The van der Waals surface area contributed by atoms with Gasteiger partial charge in [-0.25, -0.2) is 0 Å². The third kappa shape index (κ3) is 1.93. The number of nitrogens with zero attached hydrogens (tertiary/aromatic N) is 1. The van der Waals surface area contributed by atoms with Crippen LogP contribution in [0.2, 0.25) is 0 Å². The molecule has 0 saturated heterocycles. The molecule has 3 heteroatoms. The van der Waals surface area contributed by atoms with Crippen molar-refractivity contribution in [2.75, 3.05) is 13.2 Å². The number of aryl methyl sites for hydroxylation is 1. The molecule has 1 heterocycles. The third-order valence-corrected chi connectivity index (χ3v) is 2.31. The molecule has 1 atom stereocenters. The molecule has 1 aromatic carbocycles. The molecule has 0 aromatic heterocycles. The number of aliphatic imine (C=N–C) groups is 1. The fourth-order valence-electron chi connectivity index (χ4n) is 1.51. The molecule has 14 heavy (non-hydrogen) atoms. The van der Waals surface area contributed by atoms with Gasteiger partial charge < -0.3 is 10.5 Å². The molecule has 0 saturated carbocycles. The summed E-state index contributed by atoms with van der Waals surface area (Å²) in [6, 6.07) is 8.38. The number of benzene rings is 1. The van der Waals surface area contributed by atoms with E-state index in [0.29, 0.717) is 19.0 Å². The van der Waals surface area contributed by atoms with E-state index in [9.17, 15) is 0 Å². The van der Waals surface area contributed by atoms with Crippen molar-refractivity contribution in [1.29, 1.82) is 0 Å². The topological polar surface area (TPSA) is 47.6 Å². The minimum atomic E-state index is 0.0735. The zero-order chi connectivity index (χ0) is 9.97. The largest absolute Gasteiger partial charge is 0.386 e. The highest BCUT2D eigenvalue weighted by molar-refractivity contribution is 5.82. The number of hydrogen-bond acceptors (Lipinski definition) is 3. The van der Waals surface area contributed by atoms with Crippen LogP contribution in [0.1, 0.15) is 17.2 Å². The molecule has 2 N–H and O–H groups in total. The Balaban J connectivity index is 2.22. The average Bonchev–Trinajstić information content (AvgIpc) is 2.19. The maximum Gasteiger partial charge on any atom is 0.121 e. The highest BCUT2D eigenvalue weighted by Gasteiger charge is 2.15. The molecule has 2 rings (SSSR count). The first kappa shape index (κ1) is 9.21. The second kappa shape index (κ2) is 3.80. The number of amidine groups is 1. The van der Waals surface area contributed by atoms with Gasteiger partial charge in [0.15, 0.2) is 0 Å². The Morgan fingerprint density at radius 2 is 2.07 bits per heavy atom. The van der Waals surface area contributed by atoms with Gasteiger partial charge in [-0.15, -0.1) is 0 Å².